The van der Waals surface area contributed by atoms with Crippen molar-refractivity contribution in [1.29, 1.82) is 0 Å². The van der Waals surface area contributed by atoms with Gasteiger partial charge in [-0.3, -0.25) is 9.59 Å². The molecule has 1 unspecified atom stereocenters. The van der Waals surface area contributed by atoms with Gasteiger partial charge in [-0.25, -0.2) is 4.39 Å². The molecule has 0 radical (unpaired) electrons. The molecule has 0 aromatic heterocycles. The van der Waals surface area contributed by atoms with Crippen molar-refractivity contribution in [3.05, 3.63) is 63.9 Å². The summed E-state index contributed by atoms with van der Waals surface area (Å²) >= 11 is 3.26. The zero-order chi connectivity index (χ0) is 15.9. The van der Waals surface area contributed by atoms with E-state index in [0.29, 0.717) is 15.7 Å². The van der Waals surface area contributed by atoms with E-state index in [1.807, 2.05) is 0 Å². The predicted octanol–water partition coefficient (Wildman–Crippen LogP) is 3.00. The summed E-state index contributed by atoms with van der Waals surface area (Å²) in [7, 11) is 0. The zero-order valence-corrected chi connectivity index (χ0v) is 12.9. The van der Waals surface area contributed by atoms with E-state index < -0.39 is 29.5 Å². The van der Waals surface area contributed by atoms with Crippen LogP contribution in [0.4, 0.5) is 10.1 Å². The quantitative estimate of drug-likeness (QED) is 0.823. The van der Waals surface area contributed by atoms with Crippen LogP contribution in [0.25, 0.3) is 0 Å². The van der Waals surface area contributed by atoms with Gasteiger partial charge in [-0.1, -0.05) is 34.1 Å². The fourth-order valence-electron chi connectivity index (χ4n) is 2.51. The number of hydrogen-bond donors (Lipinski definition) is 2. The highest BCUT2D eigenvalue weighted by Crippen LogP contribution is 2.39. The van der Waals surface area contributed by atoms with Crippen molar-refractivity contribution >= 4 is 33.3 Å². The Morgan fingerprint density at radius 3 is 2.73 bits per heavy atom. The van der Waals surface area contributed by atoms with E-state index in [1.54, 1.807) is 24.3 Å². The SMILES string of the molecule is O=C(CC1(O)C(=O)Nc2ccc(F)cc21)c1ccccc1Br. The maximum atomic E-state index is 13.4. The molecule has 1 amide bonds. The predicted molar refractivity (Wildman–Crippen MR) is 82.0 cm³/mol. The fourth-order valence-corrected chi connectivity index (χ4v) is 3.01. The van der Waals surface area contributed by atoms with Crippen LogP contribution in [-0.4, -0.2) is 16.8 Å². The van der Waals surface area contributed by atoms with Crippen LogP contribution in [0.1, 0.15) is 22.3 Å². The number of Topliss-reactive ketones (excluding diaryl/α,β-unsaturated/α-hetero) is 1. The molecule has 1 heterocycles. The van der Waals surface area contributed by atoms with Crippen molar-refractivity contribution in [1.82, 2.24) is 0 Å². The normalized spacial score (nSPS) is 19.7. The van der Waals surface area contributed by atoms with E-state index in [4.69, 9.17) is 0 Å². The van der Waals surface area contributed by atoms with E-state index in [0.717, 1.165) is 6.07 Å². The van der Waals surface area contributed by atoms with Crippen LogP contribution in [0, 0.1) is 5.82 Å². The van der Waals surface area contributed by atoms with Crippen molar-refractivity contribution in [2.45, 2.75) is 12.0 Å². The largest absolute Gasteiger partial charge is 0.375 e. The monoisotopic (exact) mass is 363 g/mol. The van der Waals surface area contributed by atoms with Gasteiger partial charge >= 0.3 is 0 Å². The summed E-state index contributed by atoms with van der Waals surface area (Å²) in [6, 6.07) is 10.3. The molecule has 1 aliphatic rings. The number of carbonyl (C=O) groups excluding carboxylic acids is 2. The molecule has 0 saturated heterocycles. The Balaban J connectivity index is 1.98. The average Bonchev–Trinajstić information content (AvgIpc) is 2.71. The summed E-state index contributed by atoms with van der Waals surface area (Å²) in [5, 5.41) is 13.1. The van der Waals surface area contributed by atoms with Gasteiger partial charge in [-0.2, -0.15) is 0 Å². The smallest absolute Gasteiger partial charge is 0.261 e. The Morgan fingerprint density at radius 2 is 2.00 bits per heavy atom. The van der Waals surface area contributed by atoms with Gasteiger partial charge in [0.05, 0.1) is 6.42 Å². The molecule has 112 valence electrons. The Kier molecular flexibility index (Phi) is 3.58. The van der Waals surface area contributed by atoms with E-state index in [9.17, 15) is 19.1 Å². The second-order valence-corrected chi connectivity index (χ2v) is 5.94. The molecular weight excluding hydrogens is 353 g/mol. The molecule has 3 rings (SSSR count). The first-order chi connectivity index (χ1) is 10.4. The summed E-state index contributed by atoms with van der Waals surface area (Å²) in [5.74, 6) is -1.72. The van der Waals surface area contributed by atoms with Crippen molar-refractivity contribution in [3.8, 4) is 0 Å². The molecule has 6 heteroatoms. The minimum absolute atomic E-state index is 0.0814. The fraction of sp³-hybridized carbons (Fsp3) is 0.125. The van der Waals surface area contributed by atoms with Crippen molar-refractivity contribution in [2.24, 2.45) is 0 Å². The standard InChI is InChI=1S/C16H11BrFNO3/c17-12-4-2-1-3-10(12)14(20)8-16(22)11-7-9(18)5-6-13(11)19-15(16)21/h1-7,22H,8H2,(H,19,21). The van der Waals surface area contributed by atoms with Crippen LogP contribution >= 0.6 is 15.9 Å². The van der Waals surface area contributed by atoms with Crippen molar-refractivity contribution in [2.75, 3.05) is 5.32 Å². The Bertz CT molecular complexity index is 793. The van der Waals surface area contributed by atoms with Crippen LogP contribution in [0.2, 0.25) is 0 Å². The molecule has 0 spiro atoms. The van der Waals surface area contributed by atoms with Gasteiger partial charge in [-0.15, -0.1) is 0 Å². The molecular formula is C16H11BrFNO3. The number of ketones is 1. The lowest BCUT2D eigenvalue weighted by atomic mass is 9.88. The number of benzene rings is 2. The Labute approximate surface area is 134 Å². The van der Waals surface area contributed by atoms with Gasteiger partial charge in [0.1, 0.15) is 5.82 Å². The highest BCUT2D eigenvalue weighted by atomic mass is 79.9. The molecule has 0 fully saturated rings. The molecule has 0 saturated carbocycles. The molecule has 0 aliphatic carbocycles. The van der Waals surface area contributed by atoms with Crippen molar-refractivity contribution < 1.29 is 19.1 Å². The summed E-state index contributed by atoms with van der Waals surface area (Å²) in [4.78, 5) is 24.5. The van der Waals surface area contributed by atoms with Crippen LogP contribution in [0.3, 0.4) is 0 Å². The third-order valence-corrected chi connectivity index (χ3v) is 4.33. The topological polar surface area (TPSA) is 66.4 Å². The van der Waals surface area contributed by atoms with Crippen LogP contribution in [-0.2, 0) is 10.4 Å². The third kappa shape index (κ3) is 2.34. The first-order valence-corrected chi connectivity index (χ1v) is 7.33. The number of nitrogens with one attached hydrogen (secondary N) is 1. The molecule has 2 aromatic rings. The van der Waals surface area contributed by atoms with E-state index >= 15 is 0 Å². The minimum atomic E-state index is -2.07. The number of halogens is 2. The lowest BCUT2D eigenvalue weighted by Gasteiger charge is -2.20. The Morgan fingerprint density at radius 1 is 1.27 bits per heavy atom. The highest BCUT2D eigenvalue weighted by molar-refractivity contribution is 9.10. The maximum absolute atomic E-state index is 13.4. The molecule has 0 bridgehead atoms. The highest BCUT2D eigenvalue weighted by Gasteiger charge is 2.47. The second kappa shape index (κ2) is 5.30. The third-order valence-electron chi connectivity index (χ3n) is 3.64. The number of aliphatic hydroxyl groups is 1. The maximum Gasteiger partial charge on any atom is 0.261 e. The van der Waals surface area contributed by atoms with Crippen LogP contribution in [0.5, 0.6) is 0 Å². The minimum Gasteiger partial charge on any atom is -0.375 e. The zero-order valence-electron chi connectivity index (χ0n) is 11.3. The van der Waals surface area contributed by atoms with Gasteiger partial charge in [0.25, 0.3) is 5.91 Å². The summed E-state index contributed by atoms with van der Waals surface area (Å²) in [6.45, 7) is 0. The summed E-state index contributed by atoms with van der Waals surface area (Å²) in [5.41, 5.74) is -1.32. The number of hydrogen-bond acceptors (Lipinski definition) is 3. The van der Waals surface area contributed by atoms with Crippen molar-refractivity contribution in [3.63, 3.8) is 0 Å². The van der Waals surface area contributed by atoms with Crippen LogP contribution < -0.4 is 5.32 Å². The van der Waals surface area contributed by atoms with E-state index in [-0.39, 0.29) is 5.56 Å². The second-order valence-electron chi connectivity index (χ2n) is 5.08. The Hall–Kier alpha value is -2.05. The van der Waals surface area contributed by atoms with E-state index in [1.165, 1.54) is 12.1 Å². The lowest BCUT2D eigenvalue weighted by molar-refractivity contribution is -0.133. The van der Waals surface area contributed by atoms with E-state index in [2.05, 4.69) is 21.2 Å². The molecule has 2 aromatic carbocycles. The van der Waals surface area contributed by atoms with Gasteiger partial charge < -0.3 is 10.4 Å². The first-order valence-electron chi connectivity index (χ1n) is 6.53. The molecule has 22 heavy (non-hydrogen) atoms. The van der Waals surface area contributed by atoms with Gasteiger partial charge in [-0.05, 0) is 24.3 Å². The lowest BCUT2D eigenvalue weighted by Crippen LogP contribution is -2.36. The number of rotatable bonds is 3. The van der Waals surface area contributed by atoms with Gasteiger partial charge in [0.2, 0.25) is 0 Å². The first kappa shape index (κ1) is 14.9. The van der Waals surface area contributed by atoms with Crippen LogP contribution in [0.15, 0.2) is 46.9 Å². The summed E-state index contributed by atoms with van der Waals surface area (Å²) < 4.78 is 14.0. The van der Waals surface area contributed by atoms with Gasteiger partial charge in [0.15, 0.2) is 11.4 Å². The average molecular weight is 364 g/mol. The molecule has 1 atom stereocenters. The number of carbonyl (C=O) groups is 2. The number of amides is 1. The van der Waals surface area contributed by atoms with Gasteiger partial charge in [0, 0.05) is 21.3 Å². The summed E-state index contributed by atoms with van der Waals surface area (Å²) in [6.07, 6.45) is -0.460. The molecule has 1 aliphatic heterocycles. The molecule has 2 N–H and O–H groups in total. The number of fused-ring (bicyclic) bond motifs is 1. The molecule has 4 nitrogen and oxygen atoms in total. The number of anilines is 1.